The zero-order chi connectivity index (χ0) is 21.1. The molecule has 0 spiro atoms. The minimum Gasteiger partial charge on any atom is -0.489 e. The molecular formula is C25H16BrF3O. The van der Waals surface area contributed by atoms with Crippen molar-refractivity contribution in [2.75, 3.05) is 0 Å². The Labute approximate surface area is 180 Å². The van der Waals surface area contributed by atoms with Gasteiger partial charge in [0.15, 0.2) is 0 Å². The summed E-state index contributed by atoms with van der Waals surface area (Å²) in [5.41, 5.74) is 1.83. The predicted octanol–water partition coefficient (Wildman–Crippen LogP) is 7.78. The lowest BCUT2D eigenvalue weighted by Gasteiger charge is -2.11. The van der Waals surface area contributed by atoms with Crippen molar-refractivity contribution in [1.29, 1.82) is 0 Å². The minimum atomic E-state index is -0.633. The fourth-order valence-electron chi connectivity index (χ4n) is 3.17. The van der Waals surface area contributed by atoms with Gasteiger partial charge in [0, 0.05) is 27.2 Å². The highest BCUT2D eigenvalue weighted by Gasteiger charge is 2.14. The first-order valence-electron chi connectivity index (χ1n) is 9.23. The number of halogens is 4. The molecule has 150 valence electrons. The lowest BCUT2D eigenvalue weighted by molar-refractivity contribution is 0.304. The van der Waals surface area contributed by atoms with Crippen molar-refractivity contribution in [1.82, 2.24) is 0 Å². The van der Waals surface area contributed by atoms with Crippen molar-refractivity contribution in [2.24, 2.45) is 0 Å². The van der Waals surface area contributed by atoms with Crippen LogP contribution in [0.25, 0.3) is 22.3 Å². The molecule has 0 aliphatic carbocycles. The highest BCUT2D eigenvalue weighted by molar-refractivity contribution is 9.10. The van der Waals surface area contributed by atoms with E-state index in [-0.39, 0.29) is 16.7 Å². The molecule has 0 atom stereocenters. The molecule has 0 amide bonds. The zero-order valence-corrected chi connectivity index (χ0v) is 17.3. The van der Waals surface area contributed by atoms with E-state index >= 15 is 0 Å². The highest BCUT2D eigenvalue weighted by atomic mass is 79.9. The third kappa shape index (κ3) is 4.41. The molecule has 0 N–H and O–H groups in total. The molecule has 4 aromatic carbocycles. The number of hydrogen-bond donors (Lipinski definition) is 0. The van der Waals surface area contributed by atoms with Crippen LogP contribution in [0, 0.1) is 17.5 Å². The number of ether oxygens (including phenoxy) is 1. The highest BCUT2D eigenvalue weighted by Crippen LogP contribution is 2.33. The van der Waals surface area contributed by atoms with Gasteiger partial charge in [0.05, 0.1) is 0 Å². The molecule has 30 heavy (non-hydrogen) atoms. The fourth-order valence-corrected chi connectivity index (χ4v) is 3.50. The Morgan fingerprint density at radius 1 is 0.633 bits per heavy atom. The first-order chi connectivity index (χ1) is 14.5. The molecule has 0 saturated heterocycles. The SMILES string of the molecule is Fc1cc(Br)ccc1-c1ccc(-c2ccc(OCc3ccccc3)cc2F)c(F)c1. The summed E-state index contributed by atoms with van der Waals surface area (Å²) in [6.45, 7) is 0.307. The van der Waals surface area contributed by atoms with Gasteiger partial charge >= 0.3 is 0 Å². The van der Waals surface area contributed by atoms with Crippen LogP contribution >= 0.6 is 15.9 Å². The van der Waals surface area contributed by atoms with Crippen molar-refractivity contribution in [3.8, 4) is 28.0 Å². The van der Waals surface area contributed by atoms with Gasteiger partial charge in [-0.25, -0.2) is 13.2 Å². The summed E-state index contributed by atoms with van der Waals surface area (Å²) in [5, 5.41) is 0. The summed E-state index contributed by atoms with van der Waals surface area (Å²) in [4.78, 5) is 0. The van der Waals surface area contributed by atoms with Gasteiger partial charge in [-0.05, 0) is 41.5 Å². The van der Waals surface area contributed by atoms with E-state index < -0.39 is 17.5 Å². The van der Waals surface area contributed by atoms with Crippen molar-refractivity contribution < 1.29 is 17.9 Å². The van der Waals surface area contributed by atoms with E-state index in [9.17, 15) is 13.2 Å². The first-order valence-corrected chi connectivity index (χ1v) is 10.0. The molecular weight excluding hydrogens is 453 g/mol. The largest absolute Gasteiger partial charge is 0.489 e. The van der Waals surface area contributed by atoms with E-state index in [0.717, 1.165) is 5.56 Å². The second kappa shape index (κ2) is 8.76. The molecule has 0 unspecified atom stereocenters. The second-order valence-corrected chi connectivity index (χ2v) is 7.65. The smallest absolute Gasteiger partial charge is 0.134 e. The average molecular weight is 469 g/mol. The number of rotatable bonds is 5. The van der Waals surface area contributed by atoms with Crippen LogP contribution in [0.2, 0.25) is 0 Å². The van der Waals surface area contributed by atoms with Crippen LogP contribution in [0.4, 0.5) is 13.2 Å². The van der Waals surface area contributed by atoms with Crippen LogP contribution < -0.4 is 4.74 Å². The summed E-state index contributed by atoms with van der Waals surface area (Å²) in [7, 11) is 0. The molecule has 0 bridgehead atoms. The summed E-state index contributed by atoms with van der Waals surface area (Å²) in [5.74, 6) is -1.34. The lowest BCUT2D eigenvalue weighted by atomic mass is 9.99. The van der Waals surface area contributed by atoms with Crippen molar-refractivity contribution in [3.63, 3.8) is 0 Å². The van der Waals surface area contributed by atoms with E-state index in [1.807, 2.05) is 30.3 Å². The van der Waals surface area contributed by atoms with Crippen molar-refractivity contribution in [2.45, 2.75) is 6.61 Å². The molecule has 1 nitrogen and oxygen atoms in total. The Balaban J connectivity index is 1.57. The quantitative estimate of drug-likeness (QED) is 0.290. The van der Waals surface area contributed by atoms with Crippen molar-refractivity contribution in [3.05, 3.63) is 112 Å². The number of benzene rings is 4. The van der Waals surface area contributed by atoms with Gasteiger partial charge in [-0.2, -0.15) is 0 Å². The van der Waals surface area contributed by atoms with E-state index in [1.54, 1.807) is 24.3 Å². The Kier molecular flexibility index (Phi) is 5.91. The molecule has 0 aromatic heterocycles. The van der Waals surface area contributed by atoms with Crippen LogP contribution in [0.5, 0.6) is 5.75 Å². The van der Waals surface area contributed by atoms with E-state index in [4.69, 9.17) is 4.74 Å². The Morgan fingerprint density at radius 3 is 1.93 bits per heavy atom. The molecule has 0 radical (unpaired) electrons. The van der Waals surface area contributed by atoms with Crippen LogP contribution in [-0.2, 0) is 6.61 Å². The summed E-state index contributed by atoms with van der Waals surface area (Å²) in [6, 6.07) is 22.6. The molecule has 0 heterocycles. The zero-order valence-electron chi connectivity index (χ0n) is 15.7. The van der Waals surface area contributed by atoms with Gasteiger partial charge in [-0.1, -0.05) is 64.5 Å². The van der Waals surface area contributed by atoms with Gasteiger partial charge in [0.25, 0.3) is 0 Å². The summed E-state index contributed by atoms with van der Waals surface area (Å²) >= 11 is 3.20. The Morgan fingerprint density at radius 2 is 1.27 bits per heavy atom. The van der Waals surface area contributed by atoms with Crippen LogP contribution in [0.1, 0.15) is 5.56 Å². The maximum atomic E-state index is 14.8. The van der Waals surface area contributed by atoms with Gasteiger partial charge < -0.3 is 4.74 Å². The first kappa shape index (κ1) is 20.2. The third-order valence-electron chi connectivity index (χ3n) is 4.69. The summed E-state index contributed by atoms with van der Waals surface area (Å²) in [6.07, 6.45) is 0. The minimum absolute atomic E-state index is 0.100. The molecule has 0 aliphatic rings. The Hall–Kier alpha value is -3.05. The lowest BCUT2D eigenvalue weighted by Crippen LogP contribution is -1.96. The van der Waals surface area contributed by atoms with Crippen LogP contribution in [-0.4, -0.2) is 0 Å². The maximum absolute atomic E-state index is 14.8. The van der Waals surface area contributed by atoms with Crippen LogP contribution in [0.3, 0.4) is 0 Å². The van der Waals surface area contributed by atoms with Gasteiger partial charge in [0.1, 0.15) is 29.8 Å². The van der Waals surface area contributed by atoms with Gasteiger partial charge in [0.2, 0.25) is 0 Å². The monoisotopic (exact) mass is 468 g/mol. The van der Waals surface area contributed by atoms with E-state index in [0.29, 0.717) is 22.4 Å². The molecule has 5 heteroatoms. The molecule has 4 aromatic rings. The second-order valence-electron chi connectivity index (χ2n) is 6.73. The van der Waals surface area contributed by atoms with Gasteiger partial charge in [-0.3, -0.25) is 0 Å². The predicted molar refractivity (Wildman–Crippen MR) is 116 cm³/mol. The normalized spacial score (nSPS) is 10.8. The number of hydrogen-bond acceptors (Lipinski definition) is 1. The summed E-state index contributed by atoms with van der Waals surface area (Å²) < 4.78 is 49.8. The maximum Gasteiger partial charge on any atom is 0.134 e. The Bertz CT molecular complexity index is 1190. The standard InChI is InChI=1S/C25H16BrF3O/c26-18-7-10-20(24(28)13-18)17-6-9-21(23(27)12-17)22-11-8-19(14-25(22)29)30-15-16-4-2-1-3-5-16/h1-14H,15H2. The van der Waals surface area contributed by atoms with E-state index in [1.165, 1.54) is 30.3 Å². The van der Waals surface area contributed by atoms with Gasteiger partial charge in [-0.15, -0.1) is 0 Å². The molecule has 4 rings (SSSR count). The molecule has 0 aliphatic heterocycles. The third-order valence-corrected chi connectivity index (χ3v) is 5.18. The van der Waals surface area contributed by atoms with Crippen molar-refractivity contribution >= 4 is 15.9 Å². The van der Waals surface area contributed by atoms with E-state index in [2.05, 4.69) is 15.9 Å². The average Bonchev–Trinajstić information content (AvgIpc) is 2.73. The topological polar surface area (TPSA) is 9.23 Å². The fraction of sp³-hybridized carbons (Fsp3) is 0.0400. The molecule has 0 saturated carbocycles. The van der Waals surface area contributed by atoms with Crippen LogP contribution in [0.15, 0.2) is 89.4 Å². The molecule has 0 fully saturated rings.